The smallest absolute Gasteiger partial charge is 0.321 e. The second-order valence-electron chi connectivity index (χ2n) is 5.72. The molecule has 0 bridgehead atoms. The van der Waals surface area contributed by atoms with Crippen LogP contribution < -0.4 is 5.32 Å². The fourth-order valence-corrected chi connectivity index (χ4v) is 2.63. The van der Waals surface area contributed by atoms with Crippen molar-refractivity contribution >= 4 is 17.7 Å². The fraction of sp³-hybridized carbons (Fsp3) is 0.500. The van der Waals surface area contributed by atoms with Gasteiger partial charge in [-0.15, -0.1) is 0 Å². The quantitative estimate of drug-likeness (QED) is 0.895. The molecule has 1 atom stereocenters. The molecule has 1 aromatic rings. The Morgan fingerprint density at radius 2 is 2.24 bits per heavy atom. The predicted molar refractivity (Wildman–Crippen MR) is 81.4 cm³/mol. The first-order valence-electron chi connectivity index (χ1n) is 7.41. The first-order chi connectivity index (χ1) is 10.0. The second kappa shape index (κ2) is 7.11. The van der Waals surface area contributed by atoms with E-state index in [2.05, 4.69) is 12.2 Å². The average Bonchev–Trinajstić information content (AvgIpc) is 2.45. The third-order valence-electron chi connectivity index (χ3n) is 3.75. The van der Waals surface area contributed by atoms with E-state index in [0.717, 1.165) is 30.8 Å². The van der Waals surface area contributed by atoms with Crippen LogP contribution >= 0.6 is 0 Å². The van der Waals surface area contributed by atoms with Crippen LogP contribution in [-0.4, -0.2) is 35.1 Å². The minimum Gasteiger partial charge on any atom is -0.481 e. The molecule has 1 aliphatic heterocycles. The summed E-state index contributed by atoms with van der Waals surface area (Å²) >= 11 is 0. The normalized spacial score (nSPS) is 18.3. The number of carboxylic acids is 1. The molecule has 5 nitrogen and oxygen atoms in total. The molecule has 5 heteroatoms. The summed E-state index contributed by atoms with van der Waals surface area (Å²) in [5, 5.41) is 11.6. The van der Waals surface area contributed by atoms with Gasteiger partial charge in [-0.05, 0) is 42.9 Å². The molecular formula is C16H22N2O3. The number of piperidine rings is 1. The summed E-state index contributed by atoms with van der Waals surface area (Å²) in [6.45, 7) is 3.76. The number of aliphatic carboxylic acids is 1. The van der Waals surface area contributed by atoms with Gasteiger partial charge in [-0.2, -0.15) is 0 Å². The van der Waals surface area contributed by atoms with E-state index in [-0.39, 0.29) is 12.5 Å². The molecule has 2 amide bonds. The number of anilines is 1. The molecule has 1 unspecified atom stereocenters. The number of carboxylic acid groups (broad SMARTS) is 1. The molecule has 1 heterocycles. The van der Waals surface area contributed by atoms with Crippen LogP contribution in [0.5, 0.6) is 0 Å². The van der Waals surface area contributed by atoms with Crippen LogP contribution in [0.25, 0.3) is 0 Å². The first kappa shape index (κ1) is 15.4. The SMILES string of the molecule is CC1CCCN(C(=O)Nc2cccc(CCC(=O)O)c2)C1. The van der Waals surface area contributed by atoms with Gasteiger partial charge < -0.3 is 15.3 Å². The lowest BCUT2D eigenvalue weighted by Gasteiger charge is -2.31. The van der Waals surface area contributed by atoms with Gasteiger partial charge in [0.05, 0.1) is 0 Å². The van der Waals surface area contributed by atoms with Crippen molar-refractivity contribution in [3.05, 3.63) is 29.8 Å². The van der Waals surface area contributed by atoms with Crippen LogP contribution in [0.4, 0.5) is 10.5 Å². The number of urea groups is 1. The molecule has 1 aliphatic rings. The lowest BCUT2D eigenvalue weighted by atomic mass is 10.0. The Morgan fingerprint density at radius 1 is 1.43 bits per heavy atom. The lowest BCUT2D eigenvalue weighted by molar-refractivity contribution is -0.136. The summed E-state index contributed by atoms with van der Waals surface area (Å²) in [7, 11) is 0. The van der Waals surface area contributed by atoms with E-state index in [0.29, 0.717) is 12.3 Å². The van der Waals surface area contributed by atoms with Gasteiger partial charge in [0, 0.05) is 25.2 Å². The number of carbonyl (C=O) groups is 2. The molecule has 0 radical (unpaired) electrons. The number of hydrogen-bond donors (Lipinski definition) is 2. The molecule has 1 saturated heterocycles. The fourth-order valence-electron chi connectivity index (χ4n) is 2.63. The molecular weight excluding hydrogens is 268 g/mol. The highest BCUT2D eigenvalue weighted by Gasteiger charge is 2.20. The summed E-state index contributed by atoms with van der Waals surface area (Å²) in [4.78, 5) is 24.7. The summed E-state index contributed by atoms with van der Waals surface area (Å²) in [6, 6.07) is 7.31. The van der Waals surface area contributed by atoms with Crippen molar-refractivity contribution < 1.29 is 14.7 Å². The third-order valence-corrected chi connectivity index (χ3v) is 3.75. The third kappa shape index (κ3) is 4.77. The van der Waals surface area contributed by atoms with E-state index in [1.165, 1.54) is 6.42 Å². The lowest BCUT2D eigenvalue weighted by Crippen LogP contribution is -2.41. The first-order valence-corrected chi connectivity index (χ1v) is 7.41. The van der Waals surface area contributed by atoms with Crippen LogP contribution in [0.3, 0.4) is 0 Å². The van der Waals surface area contributed by atoms with Gasteiger partial charge in [0.1, 0.15) is 0 Å². The molecule has 0 saturated carbocycles. The van der Waals surface area contributed by atoms with Crippen LogP contribution in [0.2, 0.25) is 0 Å². The van der Waals surface area contributed by atoms with Crippen molar-refractivity contribution in [2.45, 2.75) is 32.6 Å². The zero-order valence-electron chi connectivity index (χ0n) is 12.3. The molecule has 0 aliphatic carbocycles. The summed E-state index contributed by atoms with van der Waals surface area (Å²) in [5.41, 5.74) is 1.64. The van der Waals surface area contributed by atoms with Crippen LogP contribution in [0.15, 0.2) is 24.3 Å². The number of hydrogen-bond acceptors (Lipinski definition) is 2. The second-order valence-corrected chi connectivity index (χ2v) is 5.72. The van der Waals surface area contributed by atoms with E-state index in [1.807, 2.05) is 29.2 Å². The highest BCUT2D eigenvalue weighted by Crippen LogP contribution is 2.18. The standard InChI is InChI=1S/C16H22N2O3/c1-12-4-3-9-18(11-12)16(21)17-14-6-2-5-13(10-14)7-8-15(19)20/h2,5-6,10,12H,3-4,7-9,11H2,1H3,(H,17,21)(H,19,20). The Bertz CT molecular complexity index is 516. The van der Waals surface area contributed by atoms with E-state index in [9.17, 15) is 9.59 Å². The van der Waals surface area contributed by atoms with Gasteiger partial charge in [-0.3, -0.25) is 4.79 Å². The number of nitrogens with zero attached hydrogens (tertiary/aromatic N) is 1. The maximum Gasteiger partial charge on any atom is 0.321 e. The molecule has 2 N–H and O–H groups in total. The Balaban J connectivity index is 1.94. The number of aryl methyl sites for hydroxylation is 1. The molecule has 2 rings (SSSR count). The van der Waals surface area contributed by atoms with Gasteiger partial charge in [0.15, 0.2) is 0 Å². The van der Waals surface area contributed by atoms with Gasteiger partial charge >= 0.3 is 12.0 Å². The zero-order valence-corrected chi connectivity index (χ0v) is 12.3. The van der Waals surface area contributed by atoms with Crippen molar-refractivity contribution in [1.82, 2.24) is 4.90 Å². The minimum absolute atomic E-state index is 0.0723. The van der Waals surface area contributed by atoms with Crippen LogP contribution in [0.1, 0.15) is 31.7 Å². The van der Waals surface area contributed by atoms with E-state index in [4.69, 9.17) is 5.11 Å². The summed E-state index contributed by atoms with van der Waals surface area (Å²) in [6.07, 6.45) is 2.79. The van der Waals surface area contributed by atoms with Crippen molar-refractivity contribution in [2.24, 2.45) is 5.92 Å². The Hall–Kier alpha value is -2.04. The van der Waals surface area contributed by atoms with E-state index < -0.39 is 5.97 Å². The number of benzene rings is 1. The molecule has 21 heavy (non-hydrogen) atoms. The van der Waals surface area contributed by atoms with Crippen molar-refractivity contribution in [3.8, 4) is 0 Å². The predicted octanol–water partition coefficient (Wildman–Crippen LogP) is 2.97. The molecule has 0 aromatic heterocycles. The van der Waals surface area contributed by atoms with Gasteiger partial charge in [-0.1, -0.05) is 19.1 Å². The Labute approximate surface area is 125 Å². The minimum atomic E-state index is -0.813. The molecule has 1 aromatic carbocycles. The summed E-state index contributed by atoms with van der Waals surface area (Å²) < 4.78 is 0. The van der Waals surface area contributed by atoms with Crippen LogP contribution in [0, 0.1) is 5.92 Å². The zero-order chi connectivity index (χ0) is 15.2. The number of amides is 2. The number of carbonyl (C=O) groups excluding carboxylic acids is 1. The van der Waals surface area contributed by atoms with E-state index in [1.54, 1.807) is 0 Å². The van der Waals surface area contributed by atoms with Gasteiger partial charge in [0.2, 0.25) is 0 Å². The molecule has 1 fully saturated rings. The monoisotopic (exact) mass is 290 g/mol. The largest absolute Gasteiger partial charge is 0.481 e. The highest BCUT2D eigenvalue weighted by molar-refractivity contribution is 5.89. The van der Waals surface area contributed by atoms with Crippen molar-refractivity contribution in [2.75, 3.05) is 18.4 Å². The number of nitrogens with one attached hydrogen (secondary N) is 1. The van der Waals surface area contributed by atoms with E-state index >= 15 is 0 Å². The summed E-state index contributed by atoms with van der Waals surface area (Å²) in [5.74, 6) is -0.266. The van der Waals surface area contributed by atoms with Crippen molar-refractivity contribution in [1.29, 1.82) is 0 Å². The topological polar surface area (TPSA) is 69.6 Å². The van der Waals surface area contributed by atoms with Crippen LogP contribution in [-0.2, 0) is 11.2 Å². The number of rotatable bonds is 4. The molecule has 0 spiro atoms. The number of likely N-dealkylation sites (tertiary alicyclic amines) is 1. The maximum atomic E-state index is 12.2. The van der Waals surface area contributed by atoms with Crippen molar-refractivity contribution in [3.63, 3.8) is 0 Å². The Morgan fingerprint density at radius 3 is 2.95 bits per heavy atom. The van der Waals surface area contributed by atoms with Gasteiger partial charge in [-0.25, -0.2) is 4.79 Å². The molecule has 114 valence electrons. The Kier molecular flexibility index (Phi) is 5.20. The maximum absolute atomic E-state index is 12.2. The van der Waals surface area contributed by atoms with Gasteiger partial charge in [0.25, 0.3) is 0 Å². The highest BCUT2D eigenvalue weighted by atomic mass is 16.4. The average molecular weight is 290 g/mol.